The maximum atomic E-state index is 10.7. The van der Waals surface area contributed by atoms with E-state index in [-0.39, 0.29) is 5.69 Å². The van der Waals surface area contributed by atoms with E-state index in [0.29, 0.717) is 6.54 Å². The molecule has 0 spiro atoms. The molecule has 2 N–H and O–H groups in total. The number of hydrogen-bond donors (Lipinski definition) is 2. The molecule has 0 amide bonds. The molecule has 2 aromatic rings. The van der Waals surface area contributed by atoms with Gasteiger partial charge in [0.15, 0.2) is 0 Å². The molecule has 0 aliphatic rings. The highest BCUT2D eigenvalue weighted by molar-refractivity contribution is 5.85. The van der Waals surface area contributed by atoms with E-state index in [0.717, 1.165) is 11.3 Å². The number of anilines is 1. The highest BCUT2D eigenvalue weighted by Crippen LogP contribution is 2.08. The van der Waals surface area contributed by atoms with Crippen LogP contribution < -0.4 is 5.32 Å². The predicted molar refractivity (Wildman–Crippen MR) is 65.0 cm³/mol. The van der Waals surface area contributed by atoms with Crippen LogP contribution in [0.15, 0.2) is 48.7 Å². The van der Waals surface area contributed by atoms with Gasteiger partial charge in [-0.3, -0.25) is 0 Å². The van der Waals surface area contributed by atoms with Crippen LogP contribution in [0.5, 0.6) is 0 Å². The monoisotopic (exact) mass is 228 g/mol. The highest BCUT2D eigenvalue weighted by atomic mass is 16.4. The topological polar surface area (TPSA) is 62.2 Å². The summed E-state index contributed by atoms with van der Waals surface area (Å²) in [6.07, 6.45) is 1.51. The number of benzene rings is 1. The Balaban J connectivity index is 2.04. The van der Waals surface area contributed by atoms with Crippen molar-refractivity contribution < 1.29 is 9.90 Å². The van der Waals surface area contributed by atoms with Crippen LogP contribution in [-0.4, -0.2) is 16.1 Å². The summed E-state index contributed by atoms with van der Waals surface area (Å²) in [7, 11) is 0. The number of carboxylic acids is 1. The Bertz CT molecular complexity index is 512. The fourth-order valence-corrected chi connectivity index (χ4v) is 1.46. The molecule has 0 aliphatic heterocycles. The smallest absolute Gasteiger partial charge is 0.354 e. The lowest BCUT2D eigenvalue weighted by atomic mass is 10.2. The summed E-state index contributed by atoms with van der Waals surface area (Å²) in [4.78, 5) is 14.5. The quantitative estimate of drug-likeness (QED) is 0.843. The molecule has 4 heteroatoms. The number of aromatic carboxylic acids is 1. The molecule has 0 fully saturated rings. The zero-order valence-corrected chi connectivity index (χ0v) is 9.13. The summed E-state index contributed by atoms with van der Waals surface area (Å²) >= 11 is 0. The van der Waals surface area contributed by atoms with Crippen LogP contribution >= 0.6 is 0 Å². The maximum Gasteiger partial charge on any atom is 0.354 e. The number of hydrogen-bond acceptors (Lipinski definition) is 3. The number of para-hydroxylation sites is 1. The molecule has 1 aromatic carbocycles. The molecule has 0 bridgehead atoms. The Morgan fingerprint density at radius 1 is 1.24 bits per heavy atom. The predicted octanol–water partition coefficient (Wildman–Crippen LogP) is 2.39. The third-order valence-corrected chi connectivity index (χ3v) is 2.31. The van der Waals surface area contributed by atoms with Crippen LogP contribution in [-0.2, 0) is 6.54 Å². The van der Waals surface area contributed by atoms with E-state index < -0.39 is 5.97 Å². The second-order valence-electron chi connectivity index (χ2n) is 3.57. The fraction of sp³-hybridized carbons (Fsp3) is 0.0769. The average molecular weight is 228 g/mol. The summed E-state index contributed by atoms with van der Waals surface area (Å²) in [5.41, 5.74) is 1.96. The first-order chi connectivity index (χ1) is 8.25. The van der Waals surface area contributed by atoms with Crippen molar-refractivity contribution in [1.29, 1.82) is 0 Å². The van der Waals surface area contributed by atoms with Crippen molar-refractivity contribution in [2.75, 3.05) is 5.32 Å². The second kappa shape index (κ2) is 5.12. The van der Waals surface area contributed by atoms with Crippen LogP contribution in [0.25, 0.3) is 0 Å². The molecule has 1 heterocycles. The molecule has 0 saturated heterocycles. The van der Waals surface area contributed by atoms with E-state index in [4.69, 9.17) is 5.11 Å². The summed E-state index contributed by atoms with van der Waals surface area (Å²) in [5.74, 6) is -1.01. The average Bonchev–Trinajstić information content (AvgIpc) is 2.38. The Kier molecular flexibility index (Phi) is 3.35. The minimum Gasteiger partial charge on any atom is -0.477 e. The minimum absolute atomic E-state index is 0.0670. The fourth-order valence-electron chi connectivity index (χ4n) is 1.46. The summed E-state index contributed by atoms with van der Waals surface area (Å²) in [6, 6.07) is 13.1. The molecule has 0 unspecified atom stereocenters. The van der Waals surface area contributed by atoms with Crippen molar-refractivity contribution in [3.05, 3.63) is 59.9 Å². The summed E-state index contributed by atoms with van der Waals surface area (Å²) in [5, 5.41) is 12.0. The van der Waals surface area contributed by atoms with E-state index in [1.54, 1.807) is 12.1 Å². The number of carbonyl (C=O) groups is 1. The minimum atomic E-state index is -1.01. The highest BCUT2D eigenvalue weighted by Gasteiger charge is 2.04. The lowest BCUT2D eigenvalue weighted by Crippen LogP contribution is -2.04. The van der Waals surface area contributed by atoms with E-state index in [2.05, 4.69) is 10.3 Å². The number of pyridine rings is 1. The second-order valence-corrected chi connectivity index (χ2v) is 3.57. The number of aromatic nitrogens is 1. The molecular weight excluding hydrogens is 216 g/mol. The number of nitrogens with one attached hydrogen (secondary N) is 1. The third kappa shape index (κ3) is 3.04. The third-order valence-electron chi connectivity index (χ3n) is 2.31. The summed E-state index contributed by atoms with van der Waals surface area (Å²) in [6.45, 7) is 0.576. The van der Waals surface area contributed by atoms with Crippen molar-refractivity contribution in [2.24, 2.45) is 0 Å². The lowest BCUT2D eigenvalue weighted by Gasteiger charge is -2.06. The molecule has 4 nitrogen and oxygen atoms in total. The molecular formula is C13H12N2O2. The van der Waals surface area contributed by atoms with Gasteiger partial charge in [0.25, 0.3) is 0 Å². The van der Waals surface area contributed by atoms with Crippen molar-refractivity contribution in [3.63, 3.8) is 0 Å². The molecule has 2 rings (SSSR count). The Morgan fingerprint density at radius 3 is 2.71 bits per heavy atom. The van der Waals surface area contributed by atoms with Gasteiger partial charge in [0.2, 0.25) is 0 Å². The van der Waals surface area contributed by atoms with Gasteiger partial charge in [-0.05, 0) is 29.8 Å². The Morgan fingerprint density at radius 2 is 2.00 bits per heavy atom. The normalized spacial score (nSPS) is 9.88. The number of carboxylic acid groups (broad SMARTS) is 1. The van der Waals surface area contributed by atoms with Crippen LogP contribution in [0, 0.1) is 0 Å². The Labute approximate surface area is 98.9 Å². The molecule has 0 saturated carbocycles. The van der Waals surface area contributed by atoms with Crippen LogP contribution in [0.4, 0.5) is 5.69 Å². The van der Waals surface area contributed by atoms with Crippen LogP contribution in [0.3, 0.4) is 0 Å². The van der Waals surface area contributed by atoms with Gasteiger partial charge in [-0.2, -0.15) is 0 Å². The molecule has 0 aliphatic carbocycles. The largest absolute Gasteiger partial charge is 0.477 e. The number of nitrogens with zero attached hydrogens (tertiary/aromatic N) is 1. The van der Waals surface area contributed by atoms with Crippen LogP contribution in [0.1, 0.15) is 16.1 Å². The number of rotatable bonds is 4. The maximum absolute atomic E-state index is 10.7. The van der Waals surface area contributed by atoms with Crippen LogP contribution in [0.2, 0.25) is 0 Å². The summed E-state index contributed by atoms with van der Waals surface area (Å²) < 4.78 is 0. The van der Waals surface area contributed by atoms with Gasteiger partial charge in [-0.25, -0.2) is 9.78 Å². The lowest BCUT2D eigenvalue weighted by molar-refractivity contribution is 0.0690. The van der Waals surface area contributed by atoms with Gasteiger partial charge in [0, 0.05) is 18.4 Å². The van der Waals surface area contributed by atoms with Gasteiger partial charge in [0.1, 0.15) is 5.69 Å². The molecule has 0 atom stereocenters. The first-order valence-corrected chi connectivity index (χ1v) is 5.23. The van der Waals surface area contributed by atoms with E-state index in [1.807, 2.05) is 30.3 Å². The molecule has 1 aromatic heterocycles. The van der Waals surface area contributed by atoms with Crippen molar-refractivity contribution in [3.8, 4) is 0 Å². The zero-order chi connectivity index (χ0) is 12.1. The van der Waals surface area contributed by atoms with Crippen molar-refractivity contribution in [2.45, 2.75) is 6.54 Å². The first-order valence-electron chi connectivity index (χ1n) is 5.23. The Hall–Kier alpha value is -2.36. The van der Waals surface area contributed by atoms with E-state index >= 15 is 0 Å². The molecule has 86 valence electrons. The van der Waals surface area contributed by atoms with Crippen molar-refractivity contribution >= 4 is 11.7 Å². The van der Waals surface area contributed by atoms with E-state index in [9.17, 15) is 4.79 Å². The van der Waals surface area contributed by atoms with Gasteiger partial charge in [-0.1, -0.05) is 18.2 Å². The first kappa shape index (κ1) is 11.1. The zero-order valence-electron chi connectivity index (χ0n) is 9.13. The van der Waals surface area contributed by atoms with Gasteiger partial charge in [-0.15, -0.1) is 0 Å². The van der Waals surface area contributed by atoms with E-state index in [1.165, 1.54) is 6.20 Å². The molecule has 0 radical (unpaired) electrons. The van der Waals surface area contributed by atoms with Gasteiger partial charge < -0.3 is 10.4 Å². The van der Waals surface area contributed by atoms with Gasteiger partial charge in [0.05, 0.1) is 0 Å². The SMILES string of the molecule is O=C(O)c1cc(CNc2ccccc2)ccn1. The standard InChI is InChI=1S/C13H12N2O2/c16-13(17)12-8-10(6-7-14-12)9-15-11-4-2-1-3-5-11/h1-8,15H,9H2,(H,16,17). The van der Waals surface area contributed by atoms with Gasteiger partial charge >= 0.3 is 5.97 Å². The van der Waals surface area contributed by atoms with Crippen molar-refractivity contribution in [1.82, 2.24) is 4.98 Å². The molecule has 17 heavy (non-hydrogen) atoms.